The van der Waals surface area contributed by atoms with E-state index >= 15 is 0 Å². The Morgan fingerprint density at radius 2 is 1.53 bits per heavy atom. The van der Waals surface area contributed by atoms with Crippen molar-refractivity contribution in [3.05, 3.63) is 47.7 Å². The van der Waals surface area contributed by atoms with Gasteiger partial charge < -0.3 is 15.1 Å². The van der Waals surface area contributed by atoms with Gasteiger partial charge in [-0.3, -0.25) is 9.88 Å². The average molecular weight is 525 g/mol. The molecule has 0 spiro atoms. The van der Waals surface area contributed by atoms with Gasteiger partial charge >= 0.3 is 24.3 Å². The number of alkyl halides is 6. The number of anilines is 1. The van der Waals surface area contributed by atoms with E-state index < -0.39 is 24.3 Å². The van der Waals surface area contributed by atoms with Crippen LogP contribution in [0.4, 0.5) is 32.2 Å². The third kappa shape index (κ3) is 10.4. The van der Waals surface area contributed by atoms with Crippen molar-refractivity contribution >= 4 is 17.8 Å². The third-order valence-corrected chi connectivity index (χ3v) is 4.79. The Kier molecular flexibility index (Phi) is 11.5. The van der Waals surface area contributed by atoms with Gasteiger partial charge in [-0.2, -0.15) is 26.3 Å². The lowest BCUT2D eigenvalue weighted by molar-refractivity contribution is -0.193. The molecule has 0 bridgehead atoms. The molecule has 1 aliphatic rings. The molecule has 3 heterocycles. The summed E-state index contributed by atoms with van der Waals surface area (Å²) >= 11 is 0. The number of carboxylic acid groups (broad SMARTS) is 2. The molecule has 2 aromatic rings. The fraction of sp³-hybridized carbons (Fsp3) is 0.476. The molecule has 1 aliphatic heterocycles. The minimum Gasteiger partial charge on any atom is -0.475 e. The van der Waals surface area contributed by atoms with Crippen LogP contribution in [0, 0.1) is 0 Å². The van der Waals surface area contributed by atoms with E-state index in [0.717, 1.165) is 50.5 Å². The highest BCUT2D eigenvalue weighted by Gasteiger charge is 2.38. The molecular formula is C21H25F6N5O4. The van der Waals surface area contributed by atoms with Crippen molar-refractivity contribution in [3.8, 4) is 0 Å². The fourth-order valence-corrected chi connectivity index (χ4v) is 2.91. The number of pyridine rings is 1. The maximum Gasteiger partial charge on any atom is 0.490 e. The van der Waals surface area contributed by atoms with Crippen LogP contribution in [0.25, 0.3) is 0 Å². The first kappa shape index (κ1) is 30.5. The van der Waals surface area contributed by atoms with Crippen LogP contribution in [0.5, 0.6) is 0 Å². The SMILES string of the molecule is CCN(C)c1ncnc2c1CCN(Cc1ccccn1)CC2.O=C(O)C(F)(F)F.O=C(O)C(F)(F)F. The molecule has 36 heavy (non-hydrogen) atoms. The number of halogens is 6. The maximum atomic E-state index is 10.6. The van der Waals surface area contributed by atoms with E-state index in [9.17, 15) is 26.3 Å². The maximum absolute atomic E-state index is 10.6. The summed E-state index contributed by atoms with van der Waals surface area (Å²) in [6, 6.07) is 6.10. The molecule has 2 aromatic heterocycles. The van der Waals surface area contributed by atoms with Gasteiger partial charge in [0.25, 0.3) is 0 Å². The molecule has 200 valence electrons. The summed E-state index contributed by atoms with van der Waals surface area (Å²) in [5, 5.41) is 14.2. The number of carboxylic acids is 2. The fourth-order valence-electron chi connectivity index (χ4n) is 2.91. The summed E-state index contributed by atoms with van der Waals surface area (Å²) in [6.45, 7) is 6.07. The molecule has 0 radical (unpaired) electrons. The molecule has 0 atom stereocenters. The second-order valence-electron chi connectivity index (χ2n) is 7.34. The van der Waals surface area contributed by atoms with E-state index in [-0.39, 0.29) is 0 Å². The minimum absolute atomic E-state index is 0.904. The summed E-state index contributed by atoms with van der Waals surface area (Å²) < 4.78 is 63.5. The van der Waals surface area contributed by atoms with Gasteiger partial charge in [0.2, 0.25) is 0 Å². The number of hydrogen-bond acceptors (Lipinski definition) is 7. The van der Waals surface area contributed by atoms with Crippen LogP contribution in [-0.4, -0.2) is 81.0 Å². The average Bonchev–Trinajstić information content (AvgIpc) is 3.01. The standard InChI is InChI=1S/C17H23N5.2C2HF3O2/c1-3-21(2)17-15-7-10-22(11-8-16(15)19-13-20-17)12-14-6-4-5-9-18-14;2*3-2(4,5)1(6)7/h4-6,9,13H,3,7-8,10-12H2,1-2H3;2*(H,6,7). The highest BCUT2D eigenvalue weighted by Crippen LogP contribution is 2.23. The molecule has 0 fully saturated rings. The second-order valence-corrected chi connectivity index (χ2v) is 7.34. The van der Waals surface area contributed by atoms with Crippen molar-refractivity contribution < 1.29 is 46.1 Å². The van der Waals surface area contributed by atoms with Crippen molar-refractivity contribution in [2.45, 2.75) is 38.7 Å². The Morgan fingerprint density at radius 1 is 0.972 bits per heavy atom. The second kappa shape index (κ2) is 13.6. The van der Waals surface area contributed by atoms with Crippen molar-refractivity contribution in [1.82, 2.24) is 19.9 Å². The van der Waals surface area contributed by atoms with Gasteiger partial charge in [0.1, 0.15) is 12.1 Å². The summed E-state index contributed by atoms with van der Waals surface area (Å²) in [4.78, 5) is 35.9. The van der Waals surface area contributed by atoms with Gasteiger partial charge in [-0.25, -0.2) is 19.6 Å². The van der Waals surface area contributed by atoms with Gasteiger partial charge in [-0.1, -0.05) is 6.07 Å². The zero-order chi connectivity index (χ0) is 27.5. The largest absolute Gasteiger partial charge is 0.490 e. The van der Waals surface area contributed by atoms with Crippen molar-refractivity contribution in [2.75, 3.05) is 31.6 Å². The molecule has 2 N–H and O–H groups in total. The number of nitrogens with zero attached hydrogens (tertiary/aromatic N) is 5. The van der Waals surface area contributed by atoms with Crippen molar-refractivity contribution in [1.29, 1.82) is 0 Å². The molecule has 0 saturated carbocycles. The number of fused-ring (bicyclic) bond motifs is 1. The Bertz CT molecular complexity index is 965. The highest BCUT2D eigenvalue weighted by atomic mass is 19.4. The predicted octanol–water partition coefficient (Wildman–Crippen LogP) is 3.20. The normalized spacial score (nSPS) is 13.7. The van der Waals surface area contributed by atoms with E-state index in [1.165, 1.54) is 11.3 Å². The van der Waals surface area contributed by atoms with Gasteiger partial charge in [0.15, 0.2) is 0 Å². The lowest BCUT2D eigenvalue weighted by atomic mass is 10.1. The Hall–Kier alpha value is -3.49. The summed E-state index contributed by atoms with van der Waals surface area (Å²) in [6.07, 6.45) is -4.62. The quantitative estimate of drug-likeness (QED) is 0.580. The molecule has 0 aliphatic carbocycles. The summed E-state index contributed by atoms with van der Waals surface area (Å²) in [5.74, 6) is -4.42. The zero-order valence-electron chi connectivity index (χ0n) is 19.3. The van der Waals surface area contributed by atoms with Crippen LogP contribution in [0.15, 0.2) is 30.7 Å². The molecule has 9 nitrogen and oxygen atoms in total. The van der Waals surface area contributed by atoms with E-state index in [2.05, 4.69) is 50.9 Å². The number of aromatic nitrogens is 3. The molecule has 0 amide bonds. The minimum atomic E-state index is -5.08. The summed E-state index contributed by atoms with van der Waals surface area (Å²) in [5.41, 5.74) is 3.65. The molecule has 0 unspecified atom stereocenters. The highest BCUT2D eigenvalue weighted by molar-refractivity contribution is 5.73. The van der Waals surface area contributed by atoms with Gasteiger partial charge in [-0.15, -0.1) is 0 Å². The monoisotopic (exact) mass is 525 g/mol. The van der Waals surface area contributed by atoms with Gasteiger partial charge in [0, 0.05) is 51.4 Å². The van der Waals surface area contributed by atoms with Crippen LogP contribution in [0.3, 0.4) is 0 Å². The topological polar surface area (TPSA) is 120 Å². The Morgan fingerprint density at radius 3 is 2.00 bits per heavy atom. The first-order valence-corrected chi connectivity index (χ1v) is 10.4. The van der Waals surface area contributed by atoms with E-state index in [1.54, 1.807) is 6.33 Å². The van der Waals surface area contributed by atoms with Crippen molar-refractivity contribution in [2.24, 2.45) is 0 Å². The first-order chi connectivity index (χ1) is 16.7. The van der Waals surface area contributed by atoms with Crippen LogP contribution in [-0.2, 0) is 29.0 Å². The Balaban J connectivity index is 0.000000383. The number of carbonyl (C=O) groups is 2. The number of aliphatic carboxylic acids is 2. The Labute approximate surface area is 202 Å². The first-order valence-electron chi connectivity index (χ1n) is 10.4. The predicted molar refractivity (Wildman–Crippen MR) is 115 cm³/mol. The molecule has 15 heteroatoms. The lowest BCUT2D eigenvalue weighted by Crippen LogP contribution is -2.26. The van der Waals surface area contributed by atoms with Gasteiger partial charge in [-0.05, 0) is 25.5 Å². The summed E-state index contributed by atoms with van der Waals surface area (Å²) in [7, 11) is 2.10. The molecule has 3 rings (SSSR count). The van der Waals surface area contributed by atoms with Crippen molar-refractivity contribution in [3.63, 3.8) is 0 Å². The van der Waals surface area contributed by atoms with Crippen LogP contribution in [0.2, 0.25) is 0 Å². The van der Waals surface area contributed by atoms with E-state index in [4.69, 9.17) is 19.8 Å². The lowest BCUT2D eigenvalue weighted by Gasteiger charge is -2.20. The van der Waals surface area contributed by atoms with Crippen LogP contribution >= 0.6 is 0 Å². The molecule has 0 aromatic carbocycles. The molecule has 0 saturated heterocycles. The third-order valence-electron chi connectivity index (χ3n) is 4.79. The van der Waals surface area contributed by atoms with E-state index in [1.807, 2.05) is 12.3 Å². The zero-order valence-corrected chi connectivity index (χ0v) is 19.3. The van der Waals surface area contributed by atoms with Crippen LogP contribution in [0.1, 0.15) is 23.9 Å². The van der Waals surface area contributed by atoms with E-state index in [0.29, 0.717) is 0 Å². The van der Waals surface area contributed by atoms with Gasteiger partial charge in [0.05, 0.1) is 11.4 Å². The van der Waals surface area contributed by atoms with Crippen LogP contribution < -0.4 is 4.90 Å². The smallest absolute Gasteiger partial charge is 0.475 e. The molecular weight excluding hydrogens is 500 g/mol. The number of hydrogen-bond donors (Lipinski definition) is 2. The number of rotatable bonds is 4.